The maximum absolute atomic E-state index is 12.2. The van der Waals surface area contributed by atoms with Gasteiger partial charge in [-0.05, 0) is 48.9 Å². The van der Waals surface area contributed by atoms with Gasteiger partial charge >= 0.3 is 6.03 Å². The van der Waals surface area contributed by atoms with E-state index in [0.29, 0.717) is 24.5 Å². The molecule has 1 aromatic carbocycles. The highest BCUT2D eigenvalue weighted by atomic mass is 16.2. The Balaban J connectivity index is 1.57. The Morgan fingerprint density at radius 1 is 1.40 bits per heavy atom. The molecule has 9 nitrogen and oxygen atoms in total. The molecule has 1 fully saturated rings. The number of nitrogens with one attached hydrogen (secondary N) is 2. The Labute approximate surface area is 145 Å². The fourth-order valence-electron chi connectivity index (χ4n) is 2.85. The van der Waals surface area contributed by atoms with Crippen molar-refractivity contribution in [3.63, 3.8) is 0 Å². The highest BCUT2D eigenvalue weighted by Crippen LogP contribution is 2.15. The molecule has 0 bridgehead atoms. The average Bonchev–Trinajstić information content (AvgIpc) is 3.16. The van der Waals surface area contributed by atoms with Gasteiger partial charge in [0.15, 0.2) is 5.82 Å². The van der Waals surface area contributed by atoms with Crippen LogP contribution in [0.25, 0.3) is 5.69 Å². The van der Waals surface area contributed by atoms with Crippen molar-refractivity contribution in [2.45, 2.75) is 32.7 Å². The SMILES string of the molecule is Cc1nnnn1-c1cccc(NC(=O)N[C@H](C)CN2CCCC2=O)c1. The molecule has 132 valence electrons. The van der Waals surface area contributed by atoms with E-state index < -0.39 is 0 Å². The maximum Gasteiger partial charge on any atom is 0.319 e. The normalized spacial score (nSPS) is 15.3. The molecule has 2 heterocycles. The summed E-state index contributed by atoms with van der Waals surface area (Å²) >= 11 is 0. The van der Waals surface area contributed by atoms with Gasteiger partial charge in [-0.3, -0.25) is 4.79 Å². The number of tetrazole rings is 1. The Kier molecular flexibility index (Phi) is 4.92. The minimum absolute atomic E-state index is 0.132. The number of urea groups is 1. The fraction of sp³-hybridized carbons (Fsp3) is 0.438. The molecule has 1 atom stereocenters. The second-order valence-corrected chi connectivity index (χ2v) is 6.13. The standard InChI is InChI=1S/C16H21N7O2/c1-11(10-22-8-4-7-15(22)24)17-16(25)18-13-5-3-6-14(9-13)23-12(2)19-20-21-23/h3,5-6,9,11H,4,7-8,10H2,1-2H3,(H2,17,18,25)/t11-/m1/s1. The monoisotopic (exact) mass is 343 g/mol. The first-order chi connectivity index (χ1) is 12.0. The molecular weight excluding hydrogens is 322 g/mol. The van der Waals surface area contributed by atoms with Gasteiger partial charge in [0.2, 0.25) is 5.91 Å². The van der Waals surface area contributed by atoms with E-state index >= 15 is 0 Å². The van der Waals surface area contributed by atoms with Crippen LogP contribution in [-0.2, 0) is 4.79 Å². The average molecular weight is 343 g/mol. The molecule has 0 unspecified atom stereocenters. The minimum atomic E-state index is -0.315. The molecule has 9 heteroatoms. The number of rotatable bonds is 5. The van der Waals surface area contributed by atoms with Crippen LogP contribution in [0.5, 0.6) is 0 Å². The molecule has 0 spiro atoms. The predicted molar refractivity (Wildman–Crippen MR) is 91.3 cm³/mol. The second-order valence-electron chi connectivity index (χ2n) is 6.13. The van der Waals surface area contributed by atoms with Crippen molar-refractivity contribution in [2.24, 2.45) is 0 Å². The van der Waals surface area contributed by atoms with E-state index in [9.17, 15) is 9.59 Å². The van der Waals surface area contributed by atoms with Crippen LogP contribution in [0.1, 0.15) is 25.6 Å². The molecule has 0 aliphatic carbocycles. The van der Waals surface area contributed by atoms with Crippen LogP contribution >= 0.6 is 0 Å². The van der Waals surface area contributed by atoms with E-state index in [2.05, 4.69) is 26.2 Å². The van der Waals surface area contributed by atoms with E-state index in [1.165, 1.54) is 0 Å². The number of carbonyl (C=O) groups is 2. The maximum atomic E-state index is 12.2. The molecule has 0 radical (unpaired) electrons. The molecule has 2 aromatic rings. The van der Waals surface area contributed by atoms with Gasteiger partial charge < -0.3 is 15.5 Å². The van der Waals surface area contributed by atoms with Gasteiger partial charge in [0, 0.05) is 31.2 Å². The van der Waals surface area contributed by atoms with Gasteiger partial charge in [-0.25, -0.2) is 4.79 Å². The van der Waals surface area contributed by atoms with Crippen molar-refractivity contribution in [2.75, 3.05) is 18.4 Å². The molecule has 1 aliphatic heterocycles. The highest BCUT2D eigenvalue weighted by Gasteiger charge is 2.22. The third kappa shape index (κ3) is 4.11. The predicted octanol–water partition coefficient (Wildman–Crippen LogP) is 1.10. The van der Waals surface area contributed by atoms with Gasteiger partial charge in [-0.15, -0.1) is 5.10 Å². The number of benzene rings is 1. The molecule has 3 amide bonds. The summed E-state index contributed by atoms with van der Waals surface area (Å²) in [4.78, 5) is 25.6. The number of anilines is 1. The van der Waals surface area contributed by atoms with Crippen LogP contribution in [0.2, 0.25) is 0 Å². The number of hydrogen-bond acceptors (Lipinski definition) is 5. The van der Waals surface area contributed by atoms with Crippen LogP contribution in [0, 0.1) is 6.92 Å². The molecule has 3 rings (SSSR count). The van der Waals surface area contributed by atoms with Gasteiger partial charge in [0.1, 0.15) is 0 Å². The van der Waals surface area contributed by atoms with Crippen LogP contribution < -0.4 is 10.6 Å². The Morgan fingerprint density at radius 2 is 2.24 bits per heavy atom. The first kappa shape index (κ1) is 16.9. The topological polar surface area (TPSA) is 105 Å². The first-order valence-corrected chi connectivity index (χ1v) is 8.23. The van der Waals surface area contributed by atoms with Crippen molar-refractivity contribution >= 4 is 17.6 Å². The first-order valence-electron chi connectivity index (χ1n) is 8.23. The van der Waals surface area contributed by atoms with E-state index in [1.807, 2.05) is 19.1 Å². The second kappa shape index (κ2) is 7.29. The van der Waals surface area contributed by atoms with Crippen molar-refractivity contribution in [1.29, 1.82) is 0 Å². The van der Waals surface area contributed by atoms with E-state index in [1.54, 1.807) is 28.6 Å². The minimum Gasteiger partial charge on any atom is -0.341 e. The lowest BCUT2D eigenvalue weighted by Crippen LogP contribution is -2.44. The van der Waals surface area contributed by atoms with Crippen LogP contribution in [-0.4, -0.2) is 56.2 Å². The van der Waals surface area contributed by atoms with Crippen molar-refractivity contribution in [3.8, 4) is 5.69 Å². The zero-order valence-electron chi connectivity index (χ0n) is 14.3. The Morgan fingerprint density at radius 3 is 2.92 bits per heavy atom. The highest BCUT2D eigenvalue weighted by molar-refractivity contribution is 5.89. The zero-order valence-corrected chi connectivity index (χ0v) is 14.3. The van der Waals surface area contributed by atoms with Gasteiger partial charge in [-0.1, -0.05) is 6.07 Å². The van der Waals surface area contributed by atoms with Gasteiger partial charge in [-0.2, -0.15) is 4.68 Å². The zero-order chi connectivity index (χ0) is 17.8. The van der Waals surface area contributed by atoms with E-state index in [4.69, 9.17) is 0 Å². The van der Waals surface area contributed by atoms with Crippen LogP contribution in [0.15, 0.2) is 24.3 Å². The molecule has 1 saturated heterocycles. The van der Waals surface area contributed by atoms with Crippen LogP contribution in [0.4, 0.5) is 10.5 Å². The molecule has 25 heavy (non-hydrogen) atoms. The number of aromatic nitrogens is 4. The summed E-state index contributed by atoms with van der Waals surface area (Å²) in [5.74, 6) is 0.809. The molecule has 1 aliphatic rings. The van der Waals surface area contributed by atoms with Crippen LogP contribution in [0.3, 0.4) is 0 Å². The third-order valence-corrected chi connectivity index (χ3v) is 4.02. The van der Waals surface area contributed by atoms with Crippen molar-refractivity contribution < 1.29 is 9.59 Å². The lowest BCUT2D eigenvalue weighted by Gasteiger charge is -2.21. The number of likely N-dealkylation sites (tertiary alicyclic amines) is 1. The number of carbonyl (C=O) groups excluding carboxylic acids is 2. The summed E-state index contributed by atoms with van der Waals surface area (Å²) < 4.78 is 1.59. The summed E-state index contributed by atoms with van der Waals surface area (Å²) in [5.41, 5.74) is 1.39. The summed E-state index contributed by atoms with van der Waals surface area (Å²) in [7, 11) is 0. The summed E-state index contributed by atoms with van der Waals surface area (Å²) in [5, 5.41) is 17.0. The summed E-state index contributed by atoms with van der Waals surface area (Å²) in [6.07, 6.45) is 1.49. The molecular formula is C16H21N7O2. The largest absolute Gasteiger partial charge is 0.341 e. The van der Waals surface area contributed by atoms with Crippen molar-refractivity contribution in [3.05, 3.63) is 30.1 Å². The third-order valence-electron chi connectivity index (χ3n) is 4.02. The quantitative estimate of drug-likeness (QED) is 0.846. The molecule has 1 aromatic heterocycles. The van der Waals surface area contributed by atoms with Crippen molar-refractivity contribution in [1.82, 2.24) is 30.4 Å². The van der Waals surface area contributed by atoms with Gasteiger partial charge in [0.05, 0.1) is 5.69 Å². The van der Waals surface area contributed by atoms with Gasteiger partial charge in [0.25, 0.3) is 0 Å². The molecule has 2 N–H and O–H groups in total. The number of nitrogens with zero attached hydrogens (tertiary/aromatic N) is 5. The number of hydrogen-bond donors (Lipinski definition) is 2. The summed E-state index contributed by atoms with van der Waals surface area (Å²) in [6.45, 7) is 4.97. The smallest absolute Gasteiger partial charge is 0.319 e. The molecule has 0 saturated carbocycles. The lowest BCUT2D eigenvalue weighted by atomic mass is 10.2. The Bertz CT molecular complexity index is 773. The number of amides is 3. The fourth-order valence-corrected chi connectivity index (χ4v) is 2.85. The lowest BCUT2D eigenvalue weighted by molar-refractivity contribution is -0.127. The van der Waals surface area contributed by atoms with E-state index in [-0.39, 0.29) is 18.0 Å². The van der Waals surface area contributed by atoms with E-state index in [0.717, 1.165) is 18.7 Å². The Hall–Kier alpha value is -2.97. The summed E-state index contributed by atoms with van der Waals surface area (Å²) in [6, 6.07) is 6.80. The number of aryl methyl sites for hydroxylation is 1.